The number of carboxylic acid groups (broad SMARTS) is 2. The Bertz CT molecular complexity index is 365. The summed E-state index contributed by atoms with van der Waals surface area (Å²) in [6.07, 6.45) is 2.71. The lowest BCUT2D eigenvalue weighted by atomic mass is 10.0. The number of hydrogen-bond donors (Lipinski definition) is 4. The molecule has 0 saturated heterocycles. The number of carbonyl (C=O) groups is 3. The third kappa shape index (κ3) is 5.15. The fourth-order valence-electron chi connectivity index (χ4n) is 1.83. The van der Waals surface area contributed by atoms with E-state index in [-0.39, 0.29) is 18.3 Å². The first-order valence-corrected chi connectivity index (χ1v) is 6.37. The molecule has 1 rings (SSSR count). The predicted octanol–water partition coefficient (Wildman–Crippen LogP) is 0.794. The third-order valence-electron chi connectivity index (χ3n) is 3.58. The second-order valence-corrected chi connectivity index (χ2v) is 5.00. The van der Waals surface area contributed by atoms with E-state index in [1.807, 2.05) is 0 Å². The Morgan fingerprint density at radius 2 is 1.89 bits per heavy atom. The first-order chi connectivity index (χ1) is 8.88. The van der Waals surface area contributed by atoms with Crippen molar-refractivity contribution in [1.82, 2.24) is 10.6 Å². The van der Waals surface area contributed by atoms with E-state index in [2.05, 4.69) is 17.6 Å². The summed E-state index contributed by atoms with van der Waals surface area (Å²) >= 11 is 0. The van der Waals surface area contributed by atoms with Gasteiger partial charge in [0.15, 0.2) is 0 Å². The lowest BCUT2D eigenvalue weighted by Gasteiger charge is -2.17. The summed E-state index contributed by atoms with van der Waals surface area (Å²) in [5, 5.41) is 22.3. The molecule has 1 aliphatic carbocycles. The standard InChI is InChI=1S/C12H20N2O5/c1-2-12(5-6-12)7-13-11(19)14-8(10(17)18)3-4-9(15)16/h8H,2-7H2,1H3,(H,15,16)(H,17,18)(H2,13,14,19). The molecule has 0 bridgehead atoms. The first kappa shape index (κ1) is 15.3. The van der Waals surface area contributed by atoms with Gasteiger partial charge in [0.05, 0.1) is 0 Å². The molecule has 0 radical (unpaired) electrons. The molecule has 19 heavy (non-hydrogen) atoms. The van der Waals surface area contributed by atoms with Crippen LogP contribution in [0.2, 0.25) is 0 Å². The van der Waals surface area contributed by atoms with Crippen molar-refractivity contribution >= 4 is 18.0 Å². The van der Waals surface area contributed by atoms with E-state index < -0.39 is 24.0 Å². The molecule has 1 atom stereocenters. The topological polar surface area (TPSA) is 116 Å². The smallest absolute Gasteiger partial charge is 0.326 e. The van der Waals surface area contributed by atoms with E-state index in [1.54, 1.807) is 0 Å². The number of urea groups is 1. The number of hydrogen-bond acceptors (Lipinski definition) is 3. The zero-order chi connectivity index (χ0) is 14.5. The Hall–Kier alpha value is -1.79. The van der Waals surface area contributed by atoms with Crippen LogP contribution in [0.3, 0.4) is 0 Å². The molecular weight excluding hydrogens is 252 g/mol. The molecule has 4 N–H and O–H groups in total. The molecule has 1 fully saturated rings. The minimum atomic E-state index is -1.23. The molecule has 7 nitrogen and oxygen atoms in total. The average molecular weight is 272 g/mol. The van der Waals surface area contributed by atoms with E-state index in [4.69, 9.17) is 10.2 Å². The van der Waals surface area contributed by atoms with Crippen molar-refractivity contribution in [1.29, 1.82) is 0 Å². The number of rotatable bonds is 8. The van der Waals surface area contributed by atoms with Crippen molar-refractivity contribution in [3.63, 3.8) is 0 Å². The average Bonchev–Trinajstić information content (AvgIpc) is 3.12. The first-order valence-electron chi connectivity index (χ1n) is 6.37. The van der Waals surface area contributed by atoms with Crippen LogP contribution in [0.5, 0.6) is 0 Å². The maximum atomic E-state index is 11.6. The summed E-state index contributed by atoms with van der Waals surface area (Å²) in [6.45, 7) is 2.58. The Labute approximate surface area is 111 Å². The number of carbonyl (C=O) groups excluding carboxylic acids is 1. The Kier molecular flexibility index (Phi) is 5.14. The van der Waals surface area contributed by atoms with Gasteiger partial charge in [-0.25, -0.2) is 9.59 Å². The second kappa shape index (κ2) is 6.40. The predicted molar refractivity (Wildman–Crippen MR) is 66.8 cm³/mol. The number of nitrogens with one attached hydrogen (secondary N) is 2. The summed E-state index contributed by atoms with van der Waals surface area (Å²) in [5.74, 6) is -2.32. The molecule has 0 aromatic heterocycles. The van der Waals surface area contributed by atoms with Gasteiger partial charge in [-0.3, -0.25) is 4.79 Å². The van der Waals surface area contributed by atoms with Crippen LogP contribution in [-0.2, 0) is 9.59 Å². The lowest BCUT2D eigenvalue weighted by molar-refractivity contribution is -0.140. The largest absolute Gasteiger partial charge is 0.481 e. The summed E-state index contributed by atoms with van der Waals surface area (Å²) in [5.41, 5.74) is 0.178. The number of carboxylic acids is 2. The van der Waals surface area contributed by atoms with Crippen molar-refractivity contribution in [3.8, 4) is 0 Å². The van der Waals surface area contributed by atoms with E-state index in [0.29, 0.717) is 6.54 Å². The van der Waals surface area contributed by atoms with Crippen LogP contribution in [0.4, 0.5) is 4.79 Å². The monoisotopic (exact) mass is 272 g/mol. The van der Waals surface area contributed by atoms with Crippen molar-refractivity contribution in [2.24, 2.45) is 5.41 Å². The summed E-state index contributed by atoms with van der Waals surface area (Å²) < 4.78 is 0. The zero-order valence-corrected chi connectivity index (χ0v) is 10.9. The van der Waals surface area contributed by atoms with Gasteiger partial charge in [0.2, 0.25) is 0 Å². The van der Waals surface area contributed by atoms with E-state index in [1.165, 1.54) is 0 Å². The zero-order valence-electron chi connectivity index (χ0n) is 10.9. The Morgan fingerprint density at radius 1 is 1.26 bits per heavy atom. The molecule has 1 saturated carbocycles. The molecule has 0 aliphatic heterocycles. The molecule has 1 aliphatic rings. The quantitative estimate of drug-likeness (QED) is 0.521. The van der Waals surface area contributed by atoms with Gasteiger partial charge in [-0.2, -0.15) is 0 Å². The van der Waals surface area contributed by atoms with Crippen LogP contribution in [-0.4, -0.2) is 40.8 Å². The van der Waals surface area contributed by atoms with Gasteiger partial charge in [0, 0.05) is 13.0 Å². The van der Waals surface area contributed by atoms with Crippen LogP contribution in [0.25, 0.3) is 0 Å². The molecule has 2 amide bonds. The molecule has 108 valence electrons. The SMILES string of the molecule is CCC1(CNC(=O)NC(CCC(=O)O)C(=O)O)CC1. The maximum Gasteiger partial charge on any atom is 0.326 e. The third-order valence-corrected chi connectivity index (χ3v) is 3.58. The van der Waals surface area contributed by atoms with Gasteiger partial charge in [0.1, 0.15) is 6.04 Å². The van der Waals surface area contributed by atoms with Crippen LogP contribution in [0, 0.1) is 5.41 Å². The van der Waals surface area contributed by atoms with Gasteiger partial charge < -0.3 is 20.8 Å². The molecule has 0 spiro atoms. The van der Waals surface area contributed by atoms with Crippen molar-refractivity contribution in [2.45, 2.75) is 45.1 Å². The van der Waals surface area contributed by atoms with Gasteiger partial charge >= 0.3 is 18.0 Å². The van der Waals surface area contributed by atoms with Crippen LogP contribution in [0.15, 0.2) is 0 Å². The normalized spacial score (nSPS) is 17.3. The van der Waals surface area contributed by atoms with Gasteiger partial charge in [-0.15, -0.1) is 0 Å². The highest BCUT2D eigenvalue weighted by Gasteiger charge is 2.40. The minimum Gasteiger partial charge on any atom is -0.481 e. The van der Waals surface area contributed by atoms with Crippen molar-refractivity contribution < 1.29 is 24.6 Å². The van der Waals surface area contributed by atoms with Crippen LogP contribution >= 0.6 is 0 Å². The molecule has 0 heterocycles. The Balaban J connectivity index is 2.34. The fraction of sp³-hybridized carbons (Fsp3) is 0.750. The summed E-state index contributed by atoms with van der Waals surface area (Å²) in [7, 11) is 0. The van der Waals surface area contributed by atoms with Gasteiger partial charge in [0.25, 0.3) is 0 Å². The number of aliphatic carboxylic acids is 2. The lowest BCUT2D eigenvalue weighted by Crippen LogP contribution is -2.47. The summed E-state index contributed by atoms with van der Waals surface area (Å²) in [6, 6.07) is -1.73. The summed E-state index contributed by atoms with van der Waals surface area (Å²) in [4.78, 5) is 32.8. The highest BCUT2D eigenvalue weighted by atomic mass is 16.4. The van der Waals surface area contributed by atoms with E-state index in [9.17, 15) is 14.4 Å². The second-order valence-electron chi connectivity index (χ2n) is 5.00. The number of amides is 2. The molecule has 1 unspecified atom stereocenters. The van der Waals surface area contributed by atoms with Crippen molar-refractivity contribution in [2.75, 3.05) is 6.54 Å². The molecular formula is C12H20N2O5. The van der Waals surface area contributed by atoms with E-state index in [0.717, 1.165) is 19.3 Å². The van der Waals surface area contributed by atoms with Gasteiger partial charge in [-0.1, -0.05) is 6.92 Å². The highest BCUT2D eigenvalue weighted by molar-refractivity contribution is 5.83. The highest BCUT2D eigenvalue weighted by Crippen LogP contribution is 2.47. The molecule has 7 heteroatoms. The van der Waals surface area contributed by atoms with Crippen LogP contribution < -0.4 is 10.6 Å². The van der Waals surface area contributed by atoms with E-state index >= 15 is 0 Å². The minimum absolute atomic E-state index is 0.128. The van der Waals surface area contributed by atoms with Crippen LogP contribution in [0.1, 0.15) is 39.0 Å². The van der Waals surface area contributed by atoms with Gasteiger partial charge in [-0.05, 0) is 31.1 Å². The molecule has 0 aromatic rings. The fourth-order valence-corrected chi connectivity index (χ4v) is 1.83. The maximum absolute atomic E-state index is 11.6. The van der Waals surface area contributed by atoms with Crippen molar-refractivity contribution in [3.05, 3.63) is 0 Å². The molecule has 0 aromatic carbocycles. The Morgan fingerprint density at radius 3 is 2.32 bits per heavy atom.